The Morgan fingerprint density at radius 1 is 1.06 bits per heavy atom. The zero-order valence-corrected chi connectivity index (χ0v) is 20.4. The van der Waals surface area contributed by atoms with Gasteiger partial charge >= 0.3 is 5.69 Å². The number of carbonyl (C=O) groups excluding carboxylic acids is 1. The number of thioether (sulfide) groups is 1. The molecular weight excluding hydrogens is 443 g/mol. The third-order valence-corrected chi connectivity index (χ3v) is 8.35. The number of nitrogens with one attached hydrogen (secondary N) is 1. The van der Waals surface area contributed by atoms with Crippen molar-refractivity contribution >= 4 is 28.7 Å². The molecule has 7 nitrogen and oxygen atoms in total. The van der Waals surface area contributed by atoms with Gasteiger partial charge < -0.3 is 5.32 Å². The van der Waals surface area contributed by atoms with E-state index in [0.29, 0.717) is 25.7 Å². The Hall–Kier alpha value is -2.16. The first-order valence-corrected chi connectivity index (χ1v) is 13.1. The summed E-state index contributed by atoms with van der Waals surface area (Å²) in [4.78, 5) is 43.6. The first kappa shape index (κ1) is 24.0. The molecule has 1 aliphatic carbocycles. The summed E-state index contributed by atoms with van der Waals surface area (Å²) in [7, 11) is 0. The highest BCUT2D eigenvalue weighted by Gasteiger charge is 2.30. The van der Waals surface area contributed by atoms with Crippen LogP contribution in [-0.2, 0) is 4.79 Å². The smallest absolute Gasteiger partial charge is 0.333 e. The van der Waals surface area contributed by atoms with Crippen molar-refractivity contribution in [1.82, 2.24) is 19.4 Å². The van der Waals surface area contributed by atoms with Crippen molar-refractivity contribution in [2.24, 2.45) is 11.8 Å². The summed E-state index contributed by atoms with van der Waals surface area (Å²) in [5.41, 5.74) is -0.531. The topological polar surface area (TPSA) is 86.0 Å². The number of rotatable bonds is 5. The molecule has 1 aliphatic heterocycles. The van der Waals surface area contributed by atoms with E-state index >= 15 is 0 Å². The number of carbonyl (C=O) groups is 1. The average molecular weight is 477 g/mol. The summed E-state index contributed by atoms with van der Waals surface area (Å²) in [5.74, 6) is 1.56. The molecule has 0 aromatic carbocycles. The molecule has 1 N–H and O–H groups in total. The fourth-order valence-corrected chi connectivity index (χ4v) is 5.99. The number of nitrogens with zero attached hydrogens (tertiary/aromatic N) is 3. The molecule has 2 aliphatic rings. The van der Waals surface area contributed by atoms with Crippen LogP contribution in [0.4, 0.5) is 4.39 Å². The predicted molar refractivity (Wildman–Crippen MR) is 129 cm³/mol. The first-order valence-electron chi connectivity index (χ1n) is 12.0. The maximum atomic E-state index is 14.0. The molecule has 9 heteroatoms. The summed E-state index contributed by atoms with van der Waals surface area (Å²) in [6.45, 7) is 5.99. The second-order valence-corrected chi connectivity index (χ2v) is 11.0. The van der Waals surface area contributed by atoms with Gasteiger partial charge in [0.05, 0.1) is 11.6 Å². The molecule has 0 bridgehead atoms. The van der Waals surface area contributed by atoms with Crippen LogP contribution in [0.5, 0.6) is 0 Å². The molecule has 2 aromatic heterocycles. The summed E-state index contributed by atoms with van der Waals surface area (Å²) in [6, 6.07) is 0.938. The molecule has 0 spiro atoms. The quantitative estimate of drug-likeness (QED) is 0.712. The number of halogens is 1. The molecule has 3 heterocycles. The number of aromatic nitrogens is 3. The van der Waals surface area contributed by atoms with Crippen molar-refractivity contribution in [2.75, 3.05) is 11.5 Å². The molecule has 0 radical (unpaired) electrons. The van der Waals surface area contributed by atoms with Crippen molar-refractivity contribution in [3.05, 3.63) is 38.9 Å². The average Bonchev–Trinajstić information content (AvgIpc) is 2.81. The maximum Gasteiger partial charge on any atom is 0.333 e. The minimum Gasteiger partial charge on any atom is -0.353 e. The van der Waals surface area contributed by atoms with E-state index in [1.807, 2.05) is 32.5 Å². The van der Waals surface area contributed by atoms with Crippen molar-refractivity contribution in [2.45, 2.75) is 77.4 Å². The lowest BCUT2D eigenvalue weighted by Crippen LogP contribution is -2.47. The van der Waals surface area contributed by atoms with Gasteiger partial charge in [-0.3, -0.25) is 18.7 Å². The third-order valence-electron chi connectivity index (χ3n) is 7.30. The summed E-state index contributed by atoms with van der Waals surface area (Å²) in [6.07, 6.45) is 5.36. The van der Waals surface area contributed by atoms with Crippen molar-refractivity contribution < 1.29 is 9.18 Å². The third kappa shape index (κ3) is 4.88. The van der Waals surface area contributed by atoms with E-state index in [4.69, 9.17) is 0 Å². The fourth-order valence-electron chi connectivity index (χ4n) is 4.91. The van der Waals surface area contributed by atoms with Crippen LogP contribution in [0.3, 0.4) is 0 Å². The molecule has 1 saturated heterocycles. The first-order chi connectivity index (χ1) is 15.8. The second kappa shape index (κ2) is 9.99. The highest BCUT2D eigenvalue weighted by molar-refractivity contribution is 7.99. The van der Waals surface area contributed by atoms with E-state index in [2.05, 4.69) is 10.3 Å². The standard InChI is InChI=1S/C24H33FN4O3S/c1-14(2)15(3)22(30)27-17-4-6-18(7-5-17)29-23(31)20-12-16(25)13-26-21(20)28(24(29)32)19-8-10-33-11-9-19/h12-15,17-19H,4-11H2,1-3H3,(H,27,30). The van der Waals surface area contributed by atoms with E-state index in [0.717, 1.165) is 30.5 Å². The van der Waals surface area contributed by atoms with Crippen molar-refractivity contribution in [3.63, 3.8) is 0 Å². The lowest BCUT2D eigenvalue weighted by Gasteiger charge is -2.32. The van der Waals surface area contributed by atoms with Gasteiger partial charge in [0.2, 0.25) is 5.91 Å². The molecule has 2 fully saturated rings. The van der Waals surface area contributed by atoms with Crippen molar-refractivity contribution in [3.8, 4) is 0 Å². The lowest BCUT2D eigenvalue weighted by atomic mass is 9.89. The monoisotopic (exact) mass is 476 g/mol. The minimum absolute atomic E-state index is 0.0424. The predicted octanol–water partition coefficient (Wildman–Crippen LogP) is 3.66. The van der Waals surface area contributed by atoms with Gasteiger partial charge in [0.25, 0.3) is 5.56 Å². The highest BCUT2D eigenvalue weighted by Crippen LogP contribution is 2.30. The Morgan fingerprint density at radius 2 is 1.70 bits per heavy atom. The van der Waals surface area contributed by atoms with Gasteiger partial charge in [0, 0.05) is 24.0 Å². The normalized spacial score (nSPS) is 23.1. The van der Waals surface area contributed by atoms with E-state index < -0.39 is 11.4 Å². The molecule has 4 rings (SSSR count). The Kier molecular flexibility index (Phi) is 7.26. The molecule has 1 atom stereocenters. The van der Waals surface area contributed by atoms with Gasteiger partial charge in [0.15, 0.2) is 0 Å². The van der Waals surface area contributed by atoms with Gasteiger partial charge in [-0.25, -0.2) is 14.2 Å². The van der Waals surface area contributed by atoms with E-state index in [1.165, 1.54) is 10.6 Å². The van der Waals surface area contributed by atoms with Crippen LogP contribution in [0.15, 0.2) is 21.9 Å². The lowest BCUT2D eigenvalue weighted by molar-refractivity contribution is -0.126. The number of fused-ring (bicyclic) bond motifs is 1. The highest BCUT2D eigenvalue weighted by atomic mass is 32.2. The zero-order valence-electron chi connectivity index (χ0n) is 19.6. The van der Waals surface area contributed by atoms with Crippen LogP contribution in [0.1, 0.15) is 71.4 Å². The van der Waals surface area contributed by atoms with Crippen LogP contribution in [0.2, 0.25) is 0 Å². The molecule has 2 aromatic rings. The Morgan fingerprint density at radius 3 is 2.33 bits per heavy atom. The van der Waals surface area contributed by atoms with Gasteiger partial charge in [0.1, 0.15) is 11.5 Å². The summed E-state index contributed by atoms with van der Waals surface area (Å²) < 4.78 is 17.0. The Labute approximate surface area is 197 Å². The number of hydrogen-bond acceptors (Lipinski definition) is 5. The summed E-state index contributed by atoms with van der Waals surface area (Å²) in [5, 5.41) is 3.29. The molecule has 1 amide bonds. The van der Waals surface area contributed by atoms with Crippen LogP contribution in [0.25, 0.3) is 11.0 Å². The Bertz CT molecular complexity index is 1130. The molecule has 1 saturated carbocycles. The second-order valence-electron chi connectivity index (χ2n) is 9.74. The molecular formula is C24H33FN4O3S. The molecule has 33 heavy (non-hydrogen) atoms. The number of pyridine rings is 1. The van der Waals surface area contributed by atoms with Crippen LogP contribution in [0, 0.1) is 17.7 Å². The van der Waals surface area contributed by atoms with Gasteiger partial charge in [-0.2, -0.15) is 11.8 Å². The SMILES string of the molecule is CC(C)C(C)C(=O)NC1CCC(n2c(=O)c3cc(F)cnc3n(C3CCSCC3)c2=O)CC1. The van der Waals surface area contributed by atoms with Crippen molar-refractivity contribution in [1.29, 1.82) is 0 Å². The maximum absolute atomic E-state index is 14.0. The largest absolute Gasteiger partial charge is 0.353 e. The van der Waals surface area contributed by atoms with Crippen LogP contribution in [-0.4, -0.2) is 37.6 Å². The zero-order chi connectivity index (χ0) is 23.7. The number of amides is 1. The van der Waals surface area contributed by atoms with E-state index in [9.17, 15) is 18.8 Å². The Balaban J connectivity index is 1.64. The van der Waals surface area contributed by atoms with Crippen LogP contribution < -0.4 is 16.6 Å². The van der Waals surface area contributed by atoms with Gasteiger partial charge in [-0.15, -0.1) is 0 Å². The molecule has 180 valence electrons. The van der Waals surface area contributed by atoms with E-state index in [1.54, 1.807) is 4.57 Å². The van der Waals surface area contributed by atoms with E-state index in [-0.39, 0.29) is 52.6 Å². The number of hydrogen-bond donors (Lipinski definition) is 1. The van der Waals surface area contributed by atoms with Gasteiger partial charge in [-0.1, -0.05) is 20.8 Å². The van der Waals surface area contributed by atoms with Gasteiger partial charge in [-0.05, 0) is 62.0 Å². The minimum atomic E-state index is -0.582. The van der Waals surface area contributed by atoms with Crippen LogP contribution >= 0.6 is 11.8 Å². The fraction of sp³-hybridized carbons (Fsp3) is 0.667. The summed E-state index contributed by atoms with van der Waals surface area (Å²) >= 11 is 1.85. The molecule has 1 unspecified atom stereocenters.